The van der Waals surface area contributed by atoms with Gasteiger partial charge in [-0.25, -0.2) is 0 Å². The molecule has 1 aromatic carbocycles. The van der Waals surface area contributed by atoms with Gasteiger partial charge < -0.3 is 4.52 Å². The molecule has 0 amide bonds. The van der Waals surface area contributed by atoms with Crippen molar-refractivity contribution in [2.45, 2.75) is 6.42 Å². The molecule has 0 bridgehead atoms. The second kappa shape index (κ2) is 6.60. The fraction of sp³-hybridized carbons (Fsp3) is 0.250. The minimum absolute atomic E-state index is 0. The van der Waals surface area contributed by atoms with Gasteiger partial charge in [-0.1, -0.05) is 30.3 Å². The van der Waals surface area contributed by atoms with Gasteiger partial charge in [0.05, 0.1) is 6.61 Å². The maximum atomic E-state index is 4.86. The minimum atomic E-state index is 0. The van der Waals surface area contributed by atoms with Gasteiger partial charge in [0, 0.05) is 9.47 Å². The average molecular weight is 191 g/mol. The highest BCUT2D eigenvalue weighted by Crippen LogP contribution is 2.00. The molecule has 0 aromatic heterocycles. The van der Waals surface area contributed by atoms with Crippen molar-refractivity contribution >= 4 is 21.9 Å². The van der Waals surface area contributed by atoms with E-state index < -0.39 is 0 Å². The van der Waals surface area contributed by atoms with Crippen molar-refractivity contribution in [2.24, 2.45) is 0 Å². The predicted molar refractivity (Wildman–Crippen MR) is 53.1 cm³/mol. The monoisotopic (exact) mass is 190 g/mol. The first-order chi connectivity index (χ1) is 4.93. The van der Waals surface area contributed by atoms with Crippen LogP contribution in [0, 0.1) is 0 Å². The Bertz CT molecular complexity index is 179. The van der Waals surface area contributed by atoms with E-state index >= 15 is 0 Å². The van der Waals surface area contributed by atoms with Gasteiger partial charge in [0.25, 0.3) is 0 Å². The van der Waals surface area contributed by atoms with Gasteiger partial charge in [-0.15, -0.1) is 12.4 Å². The van der Waals surface area contributed by atoms with Crippen LogP contribution in [0.2, 0.25) is 0 Å². The van der Waals surface area contributed by atoms with Crippen LogP contribution in [0.3, 0.4) is 0 Å². The van der Waals surface area contributed by atoms with Gasteiger partial charge in [0.2, 0.25) is 0 Å². The van der Waals surface area contributed by atoms with Crippen molar-refractivity contribution in [3.63, 3.8) is 0 Å². The number of benzene rings is 1. The molecule has 1 nitrogen and oxygen atoms in total. The van der Waals surface area contributed by atoms with Crippen molar-refractivity contribution < 1.29 is 4.52 Å². The Hall–Kier alpha value is -0.100. The van der Waals surface area contributed by atoms with E-state index in [2.05, 4.69) is 21.6 Å². The van der Waals surface area contributed by atoms with Crippen LogP contribution < -0.4 is 0 Å². The van der Waals surface area contributed by atoms with Crippen LogP contribution in [-0.4, -0.2) is 6.61 Å². The Morgan fingerprint density at radius 2 is 1.82 bits per heavy atom. The molecule has 1 unspecified atom stereocenters. The number of rotatable bonds is 3. The summed E-state index contributed by atoms with van der Waals surface area (Å²) in [7, 11) is 2.25. The fourth-order valence-electron chi connectivity index (χ4n) is 0.821. The van der Waals surface area contributed by atoms with Gasteiger partial charge in [-0.3, -0.25) is 0 Å². The average Bonchev–Trinajstić information content (AvgIpc) is 2.03. The van der Waals surface area contributed by atoms with Crippen molar-refractivity contribution in [2.75, 3.05) is 6.61 Å². The van der Waals surface area contributed by atoms with Crippen LogP contribution in [0.4, 0.5) is 0 Å². The third-order valence-corrected chi connectivity index (χ3v) is 1.59. The summed E-state index contributed by atoms with van der Waals surface area (Å²) in [4.78, 5) is 0. The zero-order chi connectivity index (χ0) is 7.23. The SMILES string of the molecule is Cl.POCCc1ccccc1. The van der Waals surface area contributed by atoms with Crippen LogP contribution in [0.15, 0.2) is 30.3 Å². The molecule has 0 aliphatic rings. The maximum Gasteiger partial charge on any atom is 0.0542 e. The molecule has 0 fully saturated rings. The molecule has 1 atom stereocenters. The predicted octanol–water partition coefficient (Wildman–Crippen LogP) is 2.46. The topological polar surface area (TPSA) is 9.23 Å². The van der Waals surface area contributed by atoms with E-state index in [1.807, 2.05) is 18.2 Å². The Morgan fingerprint density at radius 3 is 2.36 bits per heavy atom. The summed E-state index contributed by atoms with van der Waals surface area (Å²) in [5.41, 5.74) is 1.32. The Labute approximate surface area is 75.8 Å². The highest BCUT2D eigenvalue weighted by atomic mass is 35.5. The molecule has 1 aromatic rings. The summed E-state index contributed by atoms with van der Waals surface area (Å²) in [6.45, 7) is 0.773. The van der Waals surface area contributed by atoms with E-state index in [-0.39, 0.29) is 12.4 Å². The van der Waals surface area contributed by atoms with Crippen LogP contribution in [0.25, 0.3) is 0 Å². The first-order valence-corrected chi connectivity index (χ1v) is 3.76. The molecule has 0 aliphatic carbocycles. The molecule has 0 N–H and O–H groups in total. The van der Waals surface area contributed by atoms with E-state index in [9.17, 15) is 0 Å². The zero-order valence-electron chi connectivity index (χ0n) is 6.19. The molecule has 3 heteroatoms. The normalized spacial score (nSPS) is 8.82. The van der Waals surface area contributed by atoms with E-state index in [0.29, 0.717) is 0 Å². The Kier molecular flexibility index (Phi) is 6.54. The second-order valence-corrected chi connectivity index (χ2v) is 2.44. The lowest BCUT2D eigenvalue weighted by Crippen LogP contribution is -1.89. The largest absolute Gasteiger partial charge is 0.365 e. The van der Waals surface area contributed by atoms with Gasteiger partial charge in [-0.2, -0.15) is 0 Å². The maximum absolute atomic E-state index is 4.86. The van der Waals surface area contributed by atoms with Gasteiger partial charge >= 0.3 is 0 Å². The standard InChI is InChI=1S/C8H11OP.ClH/c10-9-7-6-8-4-2-1-3-5-8;/h1-5H,6-7,10H2;1H. The quantitative estimate of drug-likeness (QED) is 0.666. The second-order valence-electron chi connectivity index (χ2n) is 2.11. The van der Waals surface area contributed by atoms with E-state index in [4.69, 9.17) is 4.52 Å². The smallest absolute Gasteiger partial charge is 0.0542 e. The van der Waals surface area contributed by atoms with Crippen LogP contribution in [0.5, 0.6) is 0 Å². The van der Waals surface area contributed by atoms with E-state index in [1.165, 1.54) is 5.56 Å². The molecular formula is C8H12ClOP. The Balaban J connectivity index is 0.000001000. The van der Waals surface area contributed by atoms with Gasteiger partial charge in [0.1, 0.15) is 0 Å². The molecule has 11 heavy (non-hydrogen) atoms. The summed E-state index contributed by atoms with van der Waals surface area (Å²) in [5.74, 6) is 0. The molecule has 1 rings (SSSR count). The summed E-state index contributed by atoms with van der Waals surface area (Å²) in [5, 5.41) is 0. The van der Waals surface area contributed by atoms with Crippen LogP contribution in [-0.2, 0) is 10.9 Å². The molecule has 0 spiro atoms. The third-order valence-electron chi connectivity index (χ3n) is 1.35. The van der Waals surface area contributed by atoms with Crippen molar-refractivity contribution in [1.29, 1.82) is 0 Å². The number of hydrogen-bond donors (Lipinski definition) is 0. The summed E-state index contributed by atoms with van der Waals surface area (Å²) < 4.78 is 4.86. The lowest BCUT2D eigenvalue weighted by molar-refractivity contribution is 0.377. The third kappa shape index (κ3) is 4.36. The van der Waals surface area contributed by atoms with Crippen molar-refractivity contribution in [3.8, 4) is 0 Å². The molecule has 0 radical (unpaired) electrons. The van der Waals surface area contributed by atoms with Crippen molar-refractivity contribution in [3.05, 3.63) is 35.9 Å². The molecular weight excluding hydrogens is 179 g/mol. The van der Waals surface area contributed by atoms with Crippen LogP contribution in [0.1, 0.15) is 5.56 Å². The summed E-state index contributed by atoms with van der Waals surface area (Å²) >= 11 is 0. The van der Waals surface area contributed by atoms with Crippen molar-refractivity contribution in [1.82, 2.24) is 0 Å². The highest BCUT2D eigenvalue weighted by molar-refractivity contribution is 7.09. The van der Waals surface area contributed by atoms with Gasteiger partial charge in [-0.05, 0) is 12.0 Å². The summed E-state index contributed by atoms with van der Waals surface area (Å²) in [6.07, 6.45) is 0.990. The lowest BCUT2D eigenvalue weighted by Gasteiger charge is -1.97. The Morgan fingerprint density at radius 1 is 1.18 bits per heavy atom. The van der Waals surface area contributed by atoms with E-state index in [0.717, 1.165) is 13.0 Å². The first-order valence-electron chi connectivity index (χ1n) is 3.29. The molecule has 0 aliphatic heterocycles. The molecule has 0 saturated heterocycles. The molecule has 62 valence electrons. The van der Waals surface area contributed by atoms with Crippen LogP contribution >= 0.6 is 21.9 Å². The highest BCUT2D eigenvalue weighted by Gasteiger charge is 1.87. The van der Waals surface area contributed by atoms with Gasteiger partial charge in [0.15, 0.2) is 0 Å². The minimum Gasteiger partial charge on any atom is -0.365 e. The summed E-state index contributed by atoms with van der Waals surface area (Å²) in [6, 6.07) is 10.3. The zero-order valence-corrected chi connectivity index (χ0v) is 8.17. The number of halogens is 1. The fourth-order valence-corrected chi connectivity index (χ4v) is 0.939. The first kappa shape index (κ1) is 10.9. The number of hydrogen-bond acceptors (Lipinski definition) is 1. The molecule has 0 heterocycles. The molecule has 0 saturated carbocycles. The van der Waals surface area contributed by atoms with E-state index in [1.54, 1.807) is 0 Å². The lowest BCUT2D eigenvalue weighted by atomic mass is 10.2.